The first-order valence-electron chi connectivity index (χ1n) is 16.8. The first-order chi connectivity index (χ1) is 23.9. The van der Waals surface area contributed by atoms with E-state index in [1.807, 2.05) is 27.7 Å². The van der Waals surface area contributed by atoms with E-state index in [2.05, 4.69) is 20.2 Å². The second kappa shape index (κ2) is 12.3. The van der Waals surface area contributed by atoms with Gasteiger partial charge in [0.2, 0.25) is 5.88 Å². The Morgan fingerprint density at radius 2 is 1.69 bits per heavy atom. The maximum absolute atomic E-state index is 17.1. The van der Waals surface area contributed by atoms with Crippen molar-refractivity contribution in [3.8, 4) is 17.1 Å². The molecule has 51 heavy (non-hydrogen) atoms. The number of rotatable bonds is 3. The second-order valence-corrected chi connectivity index (χ2v) is 15.9. The molecule has 0 spiro atoms. The Balaban J connectivity index is 1.41. The third-order valence-electron chi connectivity index (χ3n) is 9.17. The fraction of sp³-hybridized carbons (Fsp3) is 0.472. The number of hydrogen-bond acceptors (Lipinski definition) is 10. The van der Waals surface area contributed by atoms with Crippen molar-refractivity contribution in [2.24, 2.45) is 0 Å². The number of amides is 2. The number of aromatic nitrogens is 3. The molecule has 4 aromatic rings. The largest absolute Gasteiger partial charge is 0.472 e. The van der Waals surface area contributed by atoms with Crippen molar-refractivity contribution in [3.05, 3.63) is 41.7 Å². The highest BCUT2D eigenvalue weighted by Crippen LogP contribution is 2.47. The number of ether oxygens (including phenoxy) is 3. The van der Waals surface area contributed by atoms with Crippen LogP contribution in [0.1, 0.15) is 61.3 Å². The fourth-order valence-corrected chi connectivity index (χ4v) is 7.73. The van der Waals surface area contributed by atoms with Gasteiger partial charge in [-0.1, -0.05) is 17.8 Å². The highest BCUT2D eigenvalue weighted by Gasteiger charge is 2.53. The summed E-state index contributed by atoms with van der Waals surface area (Å²) in [5.41, 5.74) is -1.97. The fourth-order valence-electron chi connectivity index (χ4n) is 7.37. The van der Waals surface area contributed by atoms with Crippen molar-refractivity contribution in [1.82, 2.24) is 19.9 Å². The zero-order chi connectivity index (χ0) is 36.7. The molecule has 5 heterocycles. The van der Waals surface area contributed by atoms with E-state index >= 15 is 8.78 Å². The van der Waals surface area contributed by atoms with Crippen molar-refractivity contribution in [3.63, 3.8) is 0 Å². The second-order valence-electron chi connectivity index (χ2n) is 15.1. The Hall–Kier alpha value is -4.53. The third kappa shape index (κ3) is 6.23. The van der Waals surface area contributed by atoms with Crippen molar-refractivity contribution in [2.45, 2.75) is 102 Å². The van der Waals surface area contributed by atoms with Crippen LogP contribution in [0.15, 0.2) is 29.4 Å². The average Bonchev–Trinajstić information content (AvgIpc) is 3.28. The standard InChI is InChI=1S/C36H39F3N6O5S/c1-16-29-22-12-10-19(45(22)34(47)50-36(5,6)7)15-44(29)30-24-28(42-32(43-30)51-8)26(39)27(41-31(24)48-16)20-14-18(40-33(46)49-35(2,3)4)13-17-9-11-21(37)25(38)23(17)20/h9,11,13-14,16,19,22,29H,10,12,15H2,1-8H3,(H,40,46)/t16-,19+,22-,29?/m0/s1. The zero-order valence-corrected chi connectivity index (χ0v) is 30.4. The molecule has 3 aliphatic rings. The van der Waals surface area contributed by atoms with E-state index in [4.69, 9.17) is 19.2 Å². The van der Waals surface area contributed by atoms with Gasteiger partial charge in [0.25, 0.3) is 0 Å². The minimum atomic E-state index is -1.21. The number of pyridine rings is 1. The quantitative estimate of drug-likeness (QED) is 0.164. The van der Waals surface area contributed by atoms with Crippen LogP contribution in [0, 0.1) is 17.5 Å². The molecule has 2 aromatic carbocycles. The van der Waals surface area contributed by atoms with Gasteiger partial charge in [0.15, 0.2) is 22.6 Å². The van der Waals surface area contributed by atoms with Crippen molar-refractivity contribution < 1.29 is 37.0 Å². The summed E-state index contributed by atoms with van der Waals surface area (Å²) in [6, 6.07) is 4.16. The summed E-state index contributed by atoms with van der Waals surface area (Å²) in [7, 11) is 0. The Bertz CT molecular complexity index is 2100. The van der Waals surface area contributed by atoms with Gasteiger partial charge < -0.3 is 19.1 Å². The van der Waals surface area contributed by atoms with E-state index in [0.29, 0.717) is 18.8 Å². The van der Waals surface area contributed by atoms with Crippen LogP contribution in [0.4, 0.5) is 34.3 Å². The molecule has 0 aliphatic carbocycles. The number of nitrogens with zero attached hydrogens (tertiary/aromatic N) is 5. The molecule has 0 saturated carbocycles. The van der Waals surface area contributed by atoms with Crippen molar-refractivity contribution in [2.75, 3.05) is 23.0 Å². The van der Waals surface area contributed by atoms with Crippen LogP contribution in [-0.2, 0) is 9.47 Å². The molecule has 15 heteroatoms. The number of carbonyl (C=O) groups is 2. The number of nitrogens with one attached hydrogen (secondary N) is 1. The molecular formula is C36H39F3N6O5S. The predicted octanol–water partition coefficient (Wildman–Crippen LogP) is 8.07. The minimum absolute atomic E-state index is 0.00103. The van der Waals surface area contributed by atoms with E-state index in [0.717, 1.165) is 12.5 Å². The molecular weight excluding hydrogens is 685 g/mol. The molecule has 2 saturated heterocycles. The van der Waals surface area contributed by atoms with E-state index < -0.39 is 53.0 Å². The lowest BCUT2D eigenvalue weighted by Crippen LogP contribution is -2.65. The topological polar surface area (TPSA) is 119 Å². The zero-order valence-electron chi connectivity index (χ0n) is 29.6. The highest BCUT2D eigenvalue weighted by molar-refractivity contribution is 7.98. The lowest BCUT2D eigenvalue weighted by molar-refractivity contribution is 0.000928. The molecule has 3 aliphatic heterocycles. The summed E-state index contributed by atoms with van der Waals surface area (Å²) < 4.78 is 65.2. The summed E-state index contributed by atoms with van der Waals surface area (Å²) in [5.74, 6) is -2.85. The molecule has 2 fully saturated rings. The van der Waals surface area contributed by atoms with E-state index in [1.54, 1.807) is 31.9 Å². The van der Waals surface area contributed by atoms with Crippen LogP contribution in [-0.4, -0.2) is 80.3 Å². The van der Waals surface area contributed by atoms with Gasteiger partial charge in [0.05, 0.1) is 18.1 Å². The normalized spacial score (nSPS) is 21.3. The lowest BCUT2D eigenvalue weighted by atomic mass is 9.98. The number of anilines is 2. The van der Waals surface area contributed by atoms with E-state index in [9.17, 15) is 14.0 Å². The summed E-state index contributed by atoms with van der Waals surface area (Å²) >= 11 is 1.22. The van der Waals surface area contributed by atoms with Gasteiger partial charge in [-0.25, -0.2) is 37.7 Å². The average molecular weight is 725 g/mol. The summed E-state index contributed by atoms with van der Waals surface area (Å²) in [6.07, 6.45) is 1.41. The number of piperazine rings is 1. The number of fused-ring (bicyclic) bond motifs is 6. The van der Waals surface area contributed by atoms with Crippen molar-refractivity contribution >= 4 is 57.1 Å². The molecule has 1 unspecified atom stereocenters. The first-order valence-corrected chi connectivity index (χ1v) is 18.0. The Labute approximate surface area is 297 Å². The first kappa shape index (κ1) is 34.9. The van der Waals surface area contributed by atoms with E-state index in [-0.39, 0.29) is 61.7 Å². The Morgan fingerprint density at radius 3 is 2.37 bits per heavy atom. The number of benzene rings is 2. The summed E-state index contributed by atoms with van der Waals surface area (Å²) in [5, 5.41) is 3.06. The number of halogens is 3. The van der Waals surface area contributed by atoms with Gasteiger partial charge in [0.1, 0.15) is 39.7 Å². The summed E-state index contributed by atoms with van der Waals surface area (Å²) in [4.78, 5) is 44.1. The smallest absolute Gasteiger partial charge is 0.412 e. The maximum Gasteiger partial charge on any atom is 0.412 e. The molecule has 7 rings (SSSR count). The summed E-state index contributed by atoms with van der Waals surface area (Å²) in [6.45, 7) is 12.8. The van der Waals surface area contributed by atoms with Crippen molar-refractivity contribution in [1.29, 1.82) is 0 Å². The van der Waals surface area contributed by atoms with Gasteiger partial charge in [-0.15, -0.1) is 0 Å². The van der Waals surface area contributed by atoms with Gasteiger partial charge in [-0.2, -0.15) is 0 Å². The van der Waals surface area contributed by atoms with Crippen LogP contribution in [0.5, 0.6) is 5.88 Å². The molecule has 2 bridgehead atoms. The number of thioether (sulfide) groups is 1. The molecule has 2 amide bonds. The highest BCUT2D eigenvalue weighted by atomic mass is 32.2. The molecule has 4 atom stereocenters. The van der Waals surface area contributed by atoms with E-state index in [1.165, 1.54) is 30.0 Å². The van der Waals surface area contributed by atoms with Gasteiger partial charge in [-0.05, 0) is 91.1 Å². The Morgan fingerprint density at radius 1 is 0.961 bits per heavy atom. The van der Waals surface area contributed by atoms with Gasteiger partial charge in [-0.3, -0.25) is 10.2 Å². The molecule has 1 N–H and O–H groups in total. The van der Waals surface area contributed by atoms with Crippen LogP contribution in [0.25, 0.3) is 32.9 Å². The van der Waals surface area contributed by atoms with Gasteiger partial charge in [0, 0.05) is 23.2 Å². The lowest BCUT2D eigenvalue weighted by Gasteiger charge is -2.48. The third-order valence-corrected chi connectivity index (χ3v) is 9.71. The maximum atomic E-state index is 17.1. The molecule has 0 radical (unpaired) electrons. The molecule has 2 aromatic heterocycles. The number of hydrogen-bond donors (Lipinski definition) is 1. The number of carbonyl (C=O) groups excluding carboxylic acids is 2. The minimum Gasteiger partial charge on any atom is -0.472 e. The van der Waals surface area contributed by atoms with Crippen LogP contribution < -0.4 is 15.0 Å². The van der Waals surface area contributed by atoms with Crippen LogP contribution >= 0.6 is 11.8 Å². The molecule has 270 valence electrons. The Kier molecular flexibility index (Phi) is 8.42. The van der Waals surface area contributed by atoms with Crippen LogP contribution in [0.3, 0.4) is 0 Å². The van der Waals surface area contributed by atoms with Crippen LogP contribution in [0.2, 0.25) is 0 Å². The molecule has 11 nitrogen and oxygen atoms in total. The predicted molar refractivity (Wildman–Crippen MR) is 188 cm³/mol. The SMILES string of the molecule is CSc1nc2c3c(nc(-c4cc(NC(=O)OC(C)(C)C)cc5ccc(F)c(F)c45)c(F)c3n1)O[C@@H](C)C1[C@@H]3CC[C@H](CN21)N3C(=O)OC(C)(C)C. The van der Waals surface area contributed by atoms with Gasteiger partial charge >= 0.3 is 12.2 Å². The monoisotopic (exact) mass is 724 g/mol.